The first-order chi connectivity index (χ1) is 26.0. The van der Waals surface area contributed by atoms with Crippen LogP contribution in [-0.2, 0) is 10.8 Å². The number of imidazole rings is 2. The van der Waals surface area contributed by atoms with Crippen LogP contribution in [0.5, 0.6) is 0 Å². The van der Waals surface area contributed by atoms with E-state index in [4.69, 9.17) is 19.9 Å². The van der Waals surface area contributed by atoms with E-state index in [1.165, 1.54) is 11.1 Å². The summed E-state index contributed by atoms with van der Waals surface area (Å²) >= 11 is 0. The van der Waals surface area contributed by atoms with Gasteiger partial charge in [0.1, 0.15) is 22.9 Å². The second kappa shape index (κ2) is 11.5. The minimum absolute atomic E-state index is 0.00874. The van der Waals surface area contributed by atoms with E-state index < -0.39 is 0 Å². The summed E-state index contributed by atoms with van der Waals surface area (Å²) < 4.78 is 4.44. The molecular weight excluding hydrogens is 661 g/mol. The molecule has 6 aromatic carbocycles. The molecule has 54 heavy (non-hydrogen) atoms. The van der Waals surface area contributed by atoms with Gasteiger partial charge < -0.3 is 0 Å². The van der Waals surface area contributed by atoms with Crippen LogP contribution in [0.3, 0.4) is 0 Å². The Morgan fingerprint density at radius 3 is 1.80 bits per heavy atom. The van der Waals surface area contributed by atoms with Gasteiger partial charge in [0.25, 0.3) is 0 Å². The molecule has 10 aromatic rings. The minimum Gasteiger partial charge on any atom is -0.276 e. The van der Waals surface area contributed by atoms with Gasteiger partial charge in [-0.05, 0) is 76.1 Å². The number of benzene rings is 6. The van der Waals surface area contributed by atoms with Crippen molar-refractivity contribution >= 4 is 55.2 Å². The van der Waals surface area contributed by atoms with Crippen molar-refractivity contribution in [2.75, 3.05) is 0 Å². The lowest BCUT2D eigenvalue weighted by atomic mass is 9.86. The third kappa shape index (κ3) is 5.01. The first-order valence-electron chi connectivity index (χ1n) is 18.7. The van der Waals surface area contributed by atoms with E-state index in [1.807, 2.05) is 12.1 Å². The van der Waals surface area contributed by atoms with Gasteiger partial charge in [0, 0.05) is 27.5 Å². The molecule has 0 aliphatic rings. The summed E-state index contributed by atoms with van der Waals surface area (Å²) in [6.45, 7) is 13.5. The number of hydrogen-bond acceptors (Lipinski definition) is 4. The van der Waals surface area contributed by atoms with E-state index in [0.717, 1.165) is 89.1 Å². The lowest BCUT2D eigenvalue weighted by molar-refractivity contribution is 0.590. The maximum atomic E-state index is 5.50. The van der Waals surface area contributed by atoms with Crippen LogP contribution in [0.2, 0.25) is 0 Å². The van der Waals surface area contributed by atoms with Crippen molar-refractivity contribution in [2.24, 2.45) is 0 Å². The highest BCUT2D eigenvalue weighted by atomic mass is 15.1. The van der Waals surface area contributed by atoms with Crippen LogP contribution >= 0.6 is 0 Å². The smallest absolute Gasteiger partial charge is 0.149 e. The van der Waals surface area contributed by atoms with Crippen LogP contribution in [0, 0.1) is 0 Å². The van der Waals surface area contributed by atoms with Gasteiger partial charge in [-0.2, -0.15) is 0 Å². The van der Waals surface area contributed by atoms with Crippen molar-refractivity contribution in [1.82, 2.24) is 28.7 Å². The molecule has 0 saturated carbocycles. The molecule has 0 spiro atoms. The first kappa shape index (κ1) is 32.3. The van der Waals surface area contributed by atoms with Crippen LogP contribution in [0.15, 0.2) is 133 Å². The predicted octanol–water partition coefficient (Wildman–Crippen LogP) is 12.0. The number of aromatic nitrogens is 6. The maximum Gasteiger partial charge on any atom is 0.149 e. The molecule has 6 nitrogen and oxygen atoms in total. The lowest BCUT2D eigenvalue weighted by Crippen LogP contribution is -2.11. The molecule has 6 heteroatoms. The number of para-hydroxylation sites is 4. The highest BCUT2D eigenvalue weighted by Gasteiger charge is 2.22. The Kier molecular flexibility index (Phi) is 6.90. The Hall–Kier alpha value is -6.40. The molecule has 0 bridgehead atoms. The number of nitrogens with zero attached hydrogens (tertiary/aromatic N) is 6. The van der Waals surface area contributed by atoms with Crippen LogP contribution < -0.4 is 0 Å². The van der Waals surface area contributed by atoms with Crippen molar-refractivity contribution in [3.05, 3.63) is 145 Å². The first-order valence-corrected chi connectivity index (χ1v) is 18.7. The van der Waals surface area contributed by atoms with E-state index in [0.29, 0.717) is 0 Å². The zero-order chi connectivity index (χ0) is 36.9. The SMILES string of the molecule is CC(C)(C)c1ccc(-c2nc3c(-c4ccc5c(c4)nc4c6ccccc6nc(-c6cccc(C(C)(C)C)c6)n54)cccc3c3nc4ccccc4n23)cc1. The third-order valence-corrected chi connectivity index (χ3v) is 10.8. The molecule has 0 radical (unpaired) electrons. The Morgan fingerprint density at radius 1 is 0.407 bits per heavy atom. The van der Waals surface area contributed by atoms with E-state index in [-0.39, 0.29) is 10.8 Å². The predicted molar refractivity (Wildman–Crippen MR) is 223 cm³/mol. The highest BCUT2D eigenvalue weighted by Crippen LogP contribution is 2.38. The fraction of sp³-hybridized carbons (Fsp3) is 0.167. The zero-order valence-electron chi connectivity index (χ0n) is 31.4. The highest BCUT2D eigenvalue weighted by molar-refractivity contribution is 6.06. The Bertz CT molecular complexity index is 3120. The van der Waals surface area contributed by atoms with Gasteiger partial charge in [0.2, 0.25) is 0 Å². The Morgan fingerprint density at radius 2 is 1.02 bits per heavy atom. The van der Waals surface area contributed by atoms with Crippen LogP contribution in [0.1, 0.15) is 52.7 Å². The average molecular weight is 701 g/mol. The van der Waals surface area contributed by atoms with Crippen molar-refractivity contribution in [3.63, 3.8) is 0 Å². The zero-order valence-corrected chi connectivity index (χ0v) is 31.4. The lowest BCUT2D eigenvalue weighted by Gasteiger charge is -2.20. The van der Waals surface area contributed by atoms with Crippen molar-refractivity contribution in [2.45, 2.75) is 52.4 Å². The topological polar surface area (TPSA) is 60.4 Å². The molecule has 10 rings (SSSR count). The summed E-state index contributed by atoms with van der Waals surface area (Å²) in [6.07, 6.45) is 0. The van der Waals surface area contributed by atoms with Crippen molar-refractivity contribution < 1.29 is 0 Å². The largest absolute Gasteiger partial charge is 0.276 e. The van der Waals surface area contributed by atoms with Gasteiger partial charge in [0.15, 0.2) is 0 Å². The molecule has 0 aliphatic carbocycles. The second-order valence-electron chi connectivity index (χ2n) is 16.5. The summed E-state index contributed by atoms with van der Waals surface area (Å²) in [5.41, 5.74) is 14.3. The standard InChI is InChI=1S/C48H40N6/c1-47(2,3)32-24-21-29(22-25-32)43-52-42-34(16-12-17-36(42)46-50-38-19-9-10-20-40(38)53(43)46)30-23-26-41-39(28-30)51-45-35-15-7-8-18-37(35)49-44(54(41)45)31-13-11-14-33(27-31)48(4,5)6/h7-28H,1-6H3. The van der Waals surface area contributed by atoms with Gasteiger partial charge in [-0.25, -0.2) is 19.9 Å². The molecule has 0 amide bonds. The van der Waals surface area contributed by atoms with E-state index in [9.17, 15) is 0 Å². The van der Waals surface area contributed by atoms with E-state index in [1.54, 1.807) is 0 Å². The van der Waals surface area contributed by atoms with Gasteiger partial charge in [0.05, 0.1) is 33.1 Å². The molecule has 4 aromatic heterocycles. The molecule has 0 saturated heterocycles. The molecule has 0 fully saturated rings. The van der Waals surface area contributed by atoms with Crippen LogP contribution in [-0.4, -0.2) is 28.7 Å². The third-order valence-electron chi connectivity index (χ3n) is 10.8. The molecule has 0 unspecified atom stereocenters. The Labute approximate surface area is 313 Å². The molecule has 0 atom stereocenters. The van der Waals surface area contributed by atoms with Crippen molar-refractivity contribution in [1.29, 1.82) is 0 Å². The van der Waals surface area contributed by atoms with E-state index >= 15 is 0 Å². The number of fused-ring (bicyclic) bond motifs is 10. The normalized spacial score (nSPS) is 12.6. The van der Waals surface area contributed by atoms with Gasteiger partial charge >= 0.3 is 0 Å². The quantitative estimate of drug-likeness (QED) is 0.184. The van der Waals surface area contributed by atoms with Gasteiger partial charge in [-0.15, -0.1) is 0 Å². The summed E-state index contributed by atoms with van der Waals surface area (Å²) in [6, 6.07) is 47.2. The van der Waals surface area contributed by atoms with Gasteiger partial charge in [-0.3, -0.25) is 8.80 Å². The molecular formula is C48H40N6. The summed E-state index contributed by atoms with van der Waals surface area (Å²) in [4.78, 5) is 21.3. The number of rotatable bonds is 3. The molecule has 4 heterocycles. The van der Waals surface area contributed by atoms with Crippen LogP contribution in [0.25, 0.3) is 89.1 Å². The molecule has 0 N–H and O–H groups in total. The summed E-state index contributed by atoms with van der Waals surface area (Å²) in [7, 11) is 0. The summed E-state index contributed by atoms with van der Waals surface area (Å²) in [5.74, 6) is 1.75. The molecule has 0 aliphatic heterocycles. The second-order valence-corrected chi connectivity index (χ2v) is 16.5. The fourth-order valence-electron chi connectivity index (χ4n) is 7.85. The van der Waals surface area contributed by atoms with E-state index in [2.05, 4.69) is 172 Å². The average Bonchev–Trinajstić information content (AvgIpc) is 3.76. The van der Waals surface area contributed by atoms with Crippen LogP contribution in [0.4, 0.5) is 0 Å². The Balaban J connectivity index is 1.22. The molecule has 262 valence electrons. The maximum absolute atomic E-state index is 5.50. The monoisotopic (exact) mass is 700 g/mol. The fourth-order valence-corrected chi connectivity index (χ4v) is 7.85. The number of hydrogen-bond donors (Lipinski definition) is 0. The minimum atomic E-state index is 0.00874. The van der Waals surface area contributed by atoms with Crippen molar-refractivity contribution in [3.8, 4) is 33.9 Å². The summed E-state index contributed by atoms with van der Waals surface area (Å²) in [5, 5.41) is 2.03. The van der Waals surface area contributed by atoms with Gasteiger partial charge in [-0.1, -0.05) is 126 Å².